The lowest BCUT2D eigenvalue weighted by Gasteiger charge is -2.37. The molecule has 1 unspecified atom stereocenters. The van der Waals surface area contributed by atoms with Crippen LogP contribution < -0.4 is 19.5 Å². The van der Waals surface area contributed by atoms with Crippen LogP contribution in [0.15, 0.2) is 17.1 Å². The molecule has 2 heterocycles. The van der Waals surface area contributed by atoms with E-state index >= 15 is 0 Å². The average molecular weight is 547 g/mol. The molecular formula is C22H38IN5O3. The molecule has 2 aliphatic rings. The Hall–Kier alpha value is -1.46. The SMILES string of the molecule is CN=C(NCC1CCCN1C)N1CCN(Cc2cc(OC)c(OC)c(OC)c2)CC1.I. The van der Waals surface area contributed by atoms with Crippen LogP contribution >= 0.6 is 24.0 Å². The van der Waals surface area contributed by atoms with E-state index in [2.05, 4.69) is 32.1 Å². The Labute approximate surface area is 203 Å². The summed E-state index contributed by atoms with van der Waals surface area (Å²) in [6.07, 6.45) is 2.56. The predicted molar refractivity (Wildman–Crippen MR) is 135 cm³/mol. The molecule has 1 aromatic carbocycles. The van der Waals surface area contributed by atoms with Gasteiger partial charge in [0.2, 0.25) is 5.75 Å². The topological polar surface area (TPSA) is 61.8 Å². The van der Waals surface area contributed by atoms with E-state index in [1.54, 1.807) is 21.3 Å². The summed E-state index contributed by atoms with van der Waals surface area (Å²) < 4.78 is 16.4. The summed E-state index contributed by atoms with van der Waals surface area (Å²) in [5.41, 5.74) is 1.16. The number of rotatable bonds is 7. The molecule has 1 N–H and O–H groups in total. The van der Waals surface area contributed by atoms with E-state index in [-0.39, 0.29) is 24.0 Å². The number of ether oxygens (including phenoxy) is 3. The predicted octanol–water partition coefficient (Wildman–Crippen LogP) is 2.12. The van der Waals surface area contributed by atoms with Crippen LogP contribution in [0.4, 0.5) is 0 Å². The highest BCUT2D eigenvalue weighted by Gasteiger charge is 2.24. The van der Waals surface area contributed by atoms with Crippen molar-refractivity contribution >= 4 is 29.9 Å². The molecular weight excluding hydrogens is 509 g/mol. The van der Waals surface area contributed by atoms with Gasteiger partial charge in [-0.1, -0.05) is 0 Å². The highest BCUT2D eigenvalue weighted by atomic mass is 127. The van der Waals surface area contributed by atoms with Crippen LogP contribution in [0, 0.1) is 0 Å². The van der Waals surface area contributed by atoms with Crippen LogP contribution in [0.3, 0.4) is 0 Å². The second-order valence-electron chi connectivity index (χ2n) is 8.00. The van der Waals surface area contributed by atoms with Gasteiger partial charge < -0.3 is 29.3 Å². The standard InChI is InChI=1S/C22H37N5O3.HI/c1-23-22(24-15-18-7-6-8-25(18)2)27-11-9-26(10-12-27)16-17-13-19(28-3)21(30-5)20(14-17)29-4;/h13-14,18H,6-12,15-16H2,1-5H3,(H,23,24);1H. The third kappa shape index (κ3) is 6.52. The largest absolute Gasteiger partial charge is 0.493 e. The van der Waals surface area contributed by atoms with Crippen molar-refractivity contribution in [1.82, 2.24) is 20.0 Å². The lowest BCUT2D eigenvalue weighted by atomic mass is 10.1. The van der Waals surface area contributed by atoms with Crippen molar-refractivity contribution in [2.24, 2.45) is 4.99 Å². The number of methoxy groups -OCH3 is 3. The Balaban J connectivity index is 0.00000341. The quantitative estimate of drug-likeness (QED) is 0.319. The maximum Gasteiger partial charge on any atom is 0.203 e. The van der Waals surface area contributed by atoms with Crippen LogP contribution in [-0.4, -0.2) is 101 Å². The Bertz CT molecular complexity index is 700. The fourth-order valence-corrected chi connectivity index (χ4v) is 4.38. The molecule has 0 radical (unpaired) electrons. The summed E-state index contributed by atoms with van der Waals surface area (Å²) in [5, 5.41) is 3.59. The Kier molecular flexibility index (Phi) is 10.4. The number of piperazine rings is 1. The maximum atomic E-state index is 5.49. The highest BCUT2D eigenvalue weighted by molar-refractivity contribution is 14.0. The van der Waals surface area contributed by atoms with Gasteiger partial charge in [-0.15, -0.1) is 24.0 Å². The van der Waals surface area contributed by atoms with Gasteiger partial charge in [-0.25, -0.2) is 0 Å². The van der Waals surface area contributed by atoms with Gasteiger partial charge in [0.1, 0.15) is 0 Å². The molecule has 3 rings (SSSR count). The first-order valence-electron chi connectivity index (χ1n) is 10.8. The highest BCUT2D eigenvalue weighted by Crippen LogP contribution is 2.38. The van der Waals surface area contributed by atoms with Crippen molar-refractivity contribution in [2.45, 2.75) is 25.4 Å². The molecule has 1 atom stereocenters. The Morgan fingerprint density at radius 1 is 1.03 bits per heavy atom. The van der Waals surface area contributed by atoms with E-state index in [0.717, 1.165) is 50.8 Å². The molecule has 0 aliphatic carbocycles. The first-order valence-corrected chi connectivity index (χ1v) is 10.8. The van der Waals surface area contributed by atoms with Crippen molar-refractivity contribution in [3.63, 3.8) is 0 Å². The number of guanidine groups is 1. The van der Waals surface area contributed by atoms with Gasteiger partial charge in [-0.2, -0.15) is 0 Å². The normalized spacial score (nSPS) is 20.4. The van der Waals surface area contributed by atoms with Gasteiger partial charge in [0, 0.05) is 52.4 Å². The van der Waals surface area contributed by atoms with Crippen molar-refractivity contribution in [1.29, 1.82) is 0 Å². The molecule has 0 bridgehead atoms. The van der Waals surface area contributed by atoms with E-state index in [1.807, 2.05) is 19.2 Å². The zero-order chi connectivity index (χ0) is 21.5. The van der Waals surface area contributed by atoms with Crippen molar-refractivity contribution in [3.8, 4) is 17.2 Å². The number of halogens is 1. The van der Waals surface area contributed by atoms with Gasteiger partial charge in [-0.3, -0.25) is 9.89 Å². The van der Waals surface area contributed by atoms with Crippen LogP contribution in [0.25, 0.3) is 0 Å². The molecule has 0 spiro atoms. The monoisotopic (exact) mass is 547 g/mol. The smallest absolute Gasteiger partial charge is 0.203 e. The van der Waals surface area contributed by atoms with E-state index in [9.17, 15) is 0 Å². The van der Waals surface area contributed by atoms with Crippen LogP contribution in [0.5, 0.6) is 17.2 Å². The molecule has 2 saturated heterocycles. The van der Waals surface area contributed by atoms with Gasteiger partial charge in [0.25, 0.3) is 0 Å². The van der Waals surface area contributed by atoms with Gasteiger partial charge in [0.05, 0.1) is 21.3 Å². The van der Waals surface area contributed by atoms with Gasteiger partial charge in [-0.05, 0) is 44.1 Å². The Morgan fingerprint density at radius 3 is 2.16 bits per heavy atom. The van der Waals surface area contributed by atoms with E-state index in [4.69, 9.17) is 14.2 Å². The van der Waals surface area contributed by atoms with Crippen LogP contribution in [-0.2, 0) is 6.54 Å². The lowest BCUT2D eigenvalue weighted by molar-refractivity contribution is 0.171. The molecule has 1 aromatic rings. The minimum Gasteiger partial charge on any atom is -0.493 e. The second-order valence-corrected chi connectivity index (χ2v) is 8.00. The number of hydrogen-bond acceptors (Lipinski definition) is 6. The van der Waals surface area contributed by atoms with Crippen LogP contribution in [0.2, 0.25) is 0 Å². The molecule has 9 heteroatoms. The van der Waals surface area contributed by atoms with Gasteiger partial charge in [0.15, 0.2) is 17.5 Å². The van der Waals surface area contributed by atoms with Gasteiger partial charge >= 0.3 is 0 Å². The minimum atomic E-state index is 0. The third-order valence-corrected chi connectivity index (χ3v) is 6.18. The van der Waals surface area contributed by atoms with E-state index < -0.39 is 0 Å². The third-order valence-electron chi connectivity index (χ3n) is 6.18. The molecule has 8 nitrogen and oxygen atoms in total. The number of nitrogens with one attached hydrogen (secondary N) is 1. The zero-order valence-corrected chi connectivity index (χ0v) is 21.8. The number of benzene rings is 1. The number of likely N-dealkylation sites (tertiary alicyclic amines) is 1. The molecule has 0 aromatic heterocycles. The maximum absolute atomic E-state index is 5.49. The van der Waals surface area contributed by atoms with E-state index in [1.165, 1.54) is 19.4 Å². The Morgan fingerprint density at radius 2 is 1.68 bits per heavy atom. The number of nitrogens with zero attached hydrogens (tertiary/aromatic N) is 4. The number of hydrogen-bond donors (Lipinski definition) is 1. The summed E-state index contributed by atoms with van der Waals surface area (Å²) >= 11 is 0. The second kappa shape index (κ2) is 12.5. The molecule has 0 saturated carbocycles. The fraction of sp³-hybridized carbons (Fsp3) is 0.682. The number of likely N-dealkylation sites (N-methyl/N-ethyl adjacent to an activating group) is 1. The summed E-state index contributed by atoms with van der Waals surface area (Å²) in [5.74, 6) is 3.05. The van der Waals surface area contributed by atoms with Crippen molar-refractivity contribution in [2.75, 3.05) is 74.7 Å². The minimum absolute atomic E-state index is 0. The first-order chi connectivity index (χ1) is 14.6. The number of aliphatic imine (C=N–C) groups is 1. The van der Waals surface area contributed by atoms with Crippen molar-refractivity contribution in [3.05, 3.63) is 17.7 Å². The molecule has 176 valence electrons. The molecule has 0 amide bonds. The summed E-state index contributed by atoms with van der Waals surface area (Å²) in [4.78, 5) is 11.8. The van der Waals surface area contributed by atoms with Crippen molar-refractivity contribution < 1.29 is 14.2 Å². The average Bonchev–Trinajstić information content (AvgIpc) is 3.19. The first kappa shape index (κ1) is 25.8. The van der Waals surface area contributed by atoms with E-state index in [0.29, 0.717) is 23.3 Å². The lowest BCUT2D eigenvalue weighted by Crippen LogP contribution is -2.53. The van der Waals surface area contributed by atoms with Crippen LogP contribution in [0.1, 0.15) is 18.4 Å². The fourth-order valence-electron chi connectivity index (χ4n) is 4.38. The summed E-state index contributed by atoms with van der Waals surface area (Å²) in [6.45, 7) is 6.92. The molecule has 2 fully saturated rings. The summed E-state index contributed by atoms with van der Waals surface area (Å²) in [6, 6.07) is 4.68. The summed E-state index contributed by atoms with van der Waals surface area (Å²) in [7, 11) is 9.03. The molecule has 31 heavy (non-hydrogen) atoms. The zero-order valence-electron chi connectivity index (χ0n) is 19.5. The molecule has 2 aliphatic heterocycles.